The maximum atomic E-state index is 6.03. The van der Waals surface area contributed by atoms with E-state index in [1.807, 2.05) is 18.5 Å². The number of hydrogen-bond acceptors (Lipinski definition) is 2. The van der Waals surface area contributed by atoms with Crippen molar-refractivity contribution in [3.8, 4) is 0 Å². The third-order valence-corrected chi connectivity index (χ3v) is 5.01. The molecule has 18 heavy (non-hydrogen) atoms. The van der Waals surface area contributed by atoms with Gasteiger partial charge in [0.15, 0.2) is 0 Å². The molecule has 1 saturated carbocycles. The molecule has 0 N–H and O–H groups in total. The minimum atomic E-state index is 0.585. The lowest BCUT2D eigenvalue weighted by Gasteiger charge is -2.33. The molecule has 1 aromatic heterocycles. The Bertz CT molecular complexity index is 413. The predicted octanol–water partition coefficient (Wildman–Crippen LogP) is 3.98. The van der Waals surface area contributed by atoms with Gasteiger partial charge in [-0.3, -0.25) is 4.98 Å². The molecule has 3 rings (SSSR count). The van der Waals surface area contributed by atoms with Crippen molar-refractivity contribution in [2.45, 2.75) is 44.4 Å². The lowest BCUT2D eigenvalue weighted by atomic mass is 9.73. The second-order valence-electron chi connectivity index (χ2n) is 5.87. The van der Waals surface area contributed by atoms with E-state index < -0.39 is 0 Å². The fourth-order valence-corrected chi connectivity index (χ4v) is 3.89. The molecule has 1 spiro atoms. The highest BCUT2D eigenvalue weighted by Crippen LogP contribution is 2.45. The highest BCUT2D eigenvalue weighted by molar-refractivity contribution is 6.17. The molecule has 0 atom stereocenters. The van der Waals surface area contributed by atoms with Crippen LogP contribution in [0.5, 0.6) is 0 Å². The SMILES string of the molecule is ClCc1ccncc1N1CCC2(CCCCC2)C1. The van der Waals surface area contributed by atoms with E-state index in [9.17, 15) is 0 Å². The first-order valence-electron chi connectivity index (χ1n) is 7.07. The van der Waals surface area contributed by atoms with Crippen molar-refractivity contribution < 1.29 is 0 Å². The zero-order valence-corrected chi connectivity index (χ0v) is 11.6. The fourth-order valence-electron chi connectivity index (χ4n) is 3.66. The monoisotopic (exact) mass is 264 g/mol. The van der Waals surface area contributed by atoms with Gasteiger partial charge in [-0.1, -0.05) is 19.3 Å². The molecule has 1 aliphatic carbocycles. The summed E-state index contributed by atoms with van der Waals surface area (Å²) in [7, 11) is 0. The molecule has 2 fully saturated rings. The van der Waals surface area contributed by atoms with E-state index >= 15 is 0 Å². The van der Waals surface area contributed by atoms with Crippen LogP contribution < -0.4 is 4.90 Å². The first-order chi connectivity index (χ1) is 8.83. The summed E-state index contributed by atoms with van der Waals surface area (Å²) >= 11 is 6.03. The van der Waals surface area contributed by atoms with Gasteiger partial charge in [0.1, 0.15) is 0 Å². The number of alkyl halides is 1. The van der Waals surface area contributed by atoms with Crippen LogP contribution in [0, 0.1) is 5.41 Å². The van der Waals surface area contributed by atoms with Crippen LogP contribution in [-0.4, -0.2) is 18.1 Å². The van der Waals surface area contributed by atoms with Crippen LogP contribution in [-0.2, 0) is 5.88 Å². The Hall–Kier alpha value is -0.760. The van der Waals surface area contributed by atoms with Crippen molar-refractivity contribution in [3.63, 3.8) is 0 Å². The van der Waals surface area contributed by atoms with Crippen LogP contribution in [0.4, 0.5) is 5.69 Å². The van der Waals surface area contributed by atoms with E-state index in [-0.39, 0.29) is 0 Å². The van der Waals surface area contributed by atoms with Crippen LogP contribution in [0.2, 0.25) is 0 Å². The quantitative estimate of drug-likeness (QED) is 0.751. The number of halogens is 1. The molecule has 2 heterocycles. The molecule has 1 aromatic rings. The normalized spacial score (nSPS) is 22.6. The molecule has 2 nitrogen and oxygen atoms in total. The van der Waals surface area contributed by atoms with Crippen molar-refractivity contribution in [2.75, 3.05) is 18.0 Å². The van der Waals surface area contributed by atoms with E-state index in [0.29, 0.717) is 11.3 Å². The van der Waals surface area contributed by atoms with E-state index in [0.717, 1.165) is 0 Å². The average Bonchev–Trinajstić information content (AvgIpc) is 2.83. The minimum Gasteiger partial charge on any atom is -0.369 e. The van der Waals surface area contributed by atoms with Crippen molar-refractivity contribution in [2.24, 2.45) is 5.41 Å². The molecular weight excluding hydrogens is 244 g/mol. The summed E-state index contributed by atoms with van der Waals surface area (Å²) in [4.78, 5) is 6.78. The molecule has 1 aliphatic heterocycles. The van der Waals surface area contributed by atoms with Gasteiger partial charge < -0.3 is 4.90 Å². The highest BCUT2D eigenvalue weighted by Gasteiger charge is 2.39. The lowest BCUT2D eigenvalue weighted by Crippen LogP contribution is -2.29. The molecule has 0 unspecified atom stereocenters. The van der Waals surface area contributed by atoms with E-state index in [2.05, 4.69) is 9.88 Å². The van der Waals surface area contributed by atoms with Gasteiger partial charge in [-0.2, -0.15) is 0 Å². The van der Waals surface area contributed by atoms with Gasteiger partial charge in [-0.05, 0) is 36.3 Å². The molecule has 0 aromatic carbocycles. The van der Waals surface area contributed by atoms with Crippen LogP contribution >= 0.6 is 11.6 Å². The Kier molecular flexibility index (Phi) is 3.47. The number of anilines is 1. The van der Waals surface area contributed by atoms with Gasteiger partial charge >= 0.3 is 0 Å². The predicted molar refractivity (Wildman–Crippen MR) is 76.1 cm³/mol. The van der Waals surface area contributed by atoms with Gasteiger partial charge in [-0.15, -0.1) is 11.6 Å². The first-order valence-corrected chi connectivity index (χ1v) is 7.60. The molecule has 1 saturated heterocycles. The third kappa shape index (κ3) is 2.23. The van der Waals surface area contributed by atoms with Crippen molar-refractivity contribution in [1.29, 1.82) is 0 Å². The number of nitrogens with zero attached hydrogens (tertiary/aromatic N) is 2. The largest absolute Gasteiger partial charge is 0.369 e. The Morgan fingerprint density at radius 2 is 2.06 bits per heavy atom. The number of pyridine rings is 1. The lowest BCUT2D eigenvalue weighted by molar-refractivity contribution is 0.219. The van der Waals surface area contributed by atoms with Gasteiger partial charge in [0, 0.05) is 25.2 Å². The Balaban J connectivity index is 1.78. The molecule has 0 bridgehead atoms. The maximum absolute atomic E-state index is 6.03. The topological polar surface area (TPSA) is 16.1 Å². The van der Waals surface area contributed by atoms with Crippen LogP contribution in [0.15, 0.2) is 18.5 Å². The summed E-state index contributed by atoms with van der Waals surface area (Å²) < 4.78 is 0. The van der Waals surface area contributed by atoms with E-state index in [1.165, 1.54) is 62.9 Å². The summed E-state index contributed by atoms with van der Waals surface area (Å²) in [5.74, 6) is 0.585. The van der Waals surface area contributed by atoms with E-state index in [4.69, 9.17) is 11.6 Å². The zero-order chi connectivity index (χ0) is 12.4. The smallest absolute Gasteiger partial charge is 0.0597 e. The molecule has 2 aliphatic rings. The zero-order valence-electron chi connectivity index (χ0n) is 10.9. The van der Waals surface area contributed by atoms with E-state index in [1.54, 1.807) is 0 Å². The molecular formula is C15H21ClN2. The van der Waals surface area contributed by atoms with Crippen LogP contribution in [0.3, 0.4) is 0 Å². The van der Waals surface area contributed by atoms with Gasteiger partial charge in [0.2, 0.25) is 0 Å². The summed E-state index contributed by atoms with van der Waals surface area (Å²) in [6, 6.07) is 2.05. The molecule has 98 valence electrons. The molecule has 0 amide bonds. The van der Waals surface area contributed by atoms with Crippen molar-refractivity contribution in [1.82, 2.24) is 4.98 Å². The van der Waals surface area contributed by atoms with Gasteiger partial charge in [0.05, 0.1) is 11.9 Å². The Morgan fingerprint density at radius 1 is 1.22 bits per heavy atom. The maximum Gasteiger partial charge on any atom is 0.0597 e. The minimum absolute atomic E-state index is 0.585. The number of aromatic nitrogens is 1. The standard InChI is InChI=1S/C15H21ClN2/c16-10-13-4-8-17-11-14(13)18-9-7-15(12-18)5-2-1-3-6-15/h4,8,11H,1-3,5-7,9-10,12H2. The van der Waals surface area contributed by atoms with Gasteiger partial charge in [-0.25, -0.2) is 0 Å². The second-order valence-corrected chi connectivity index (χ2v) is 6.14. The summed E-state index contributed by atoms with van der Waals surface area (Å²) in [5, 5.41) is 0. The average molecular weight is 265 g/mol. The van der Waals surface area contributed by atoms with Crippen molar-refractivity contribution >= 4 is 17.3 Å². The van der Waals surface area contributed by atoms with Crippen LogP contribution in [0.25, 0.3) is 0 Å². The highest BCUT2D eigenvalue weighted by atomic mass is 35.5. The van der Waals surface area contributed by atoms with Gasteiger partial charge in [0.25, 0.3) is 0 Å². The first kappa shape index (κ1) is 12.3. The number of rotatable bonds is 2. The summed E-state index contributed by atoms with van der Waals surface area (Å²) in [6.07, 6.45) is 12.3. The Morgan fingerprint density at radius 3 is 2.83 bits per heavy atom. The molecule has 3 heteroatoms. The Labute approximate surface area is 114 Å². The third-order valence-electron chi connectivity index (χ3n) is 4.72. The van der Waals surface area contributed by atoms with Crippen molar-refractivity contribution in [3.05, 3.63) is 24.0 Å². The summed E-state index contributed by atoms with van der Waals surface area (Å²) in [6.45, 7) is 2.39. The second kappa shape index (κ2) is 5.08. The fraction of sp³-hybridized carbons (Fsp3) is 0.667. The summed E-state index contributed by atoms with van der Waals surface area (Å²) in [5.41, 5.74) is 3.08. The number of hydrogen-bond donors (Lipinski definition) is 0. The molecule has 0 radical (unpaired) electrons. The van der Waals surface area contributed by atoms with Crippen LogP contribution in [0.1, 0.15) is 44.1 Å².